The van der Waals surface area contributed by atoms with Crippen LogP contribution < -0.4 is 5.32 Å². The molecule has 0 radical (unpaired) electrons. The highest BCUT2D eigenvalue weighted by Crippen LogP contribution is 2.27. The number of benzene rings is 1. The molecule has 1 amide bonds. The van der Waals surface area contributed by atoms with Crippen LogP contribution in [0.3, 0.4) is 0 Å². The van der Waals surface area contributed by atoms with E-state index >= 15 is 0 Å². The molecule has 0 saturated carbocycles. The fraction of sp³-hybridized carbons (Fsp3) is 0.294. The first-order valence-electron chi connectivity index (χ1n) is 7.14. The Bertz CT molecular complexity index is 684. The third-order valence-corrected chi connectivity index (χ3v) is 4.24. The minimum Gasteiger partial charge on any atom is -0.324 e. The summed E-state index contributed by atoms with van der Waals surface area (Å²) in [6.45, 7) is 1.84. The highest BCUT2D eigenvalue weighted by Gasteiger charge is 2.24. The molecular formula is C17H17ClN2O. The van der Waals surface area contributed by atoms with Gasteiger partial charge in [0.25, 0.3) is 0 Å². The fourth-order valence-electron chi connectivity index (χ4n) is 2.82. The molecule has 0 aliphatic heterocycles. The smallest absolute Gasteiger partial charge is 0.227 e. The molecule has 1 aliphatic carbocycles. The van der Waals surface area contributed by atoms with Crippen molar-refractivity contribution >= 4 is 23.2 Å². The molecular weight excluding hydrogens is 284 g/mol. The SMILES string of the molecule is Cc1nc(Cl)ccc1NC(=O)C1CCc2ccccc2C1. The van der Waals surface area contributed by atoms with Crippen molar-refractivity contribution in [3.05, 3.63) is 58.4 Å². The van der Waals surface area contributed by atoms with Gasteiger partial charge in [0.15, 0.2) is 0 Å². The Morgan fingerprint density at radius 3 is 2.76 bits per heavy atom. The van der Waals surface area contributed by atoms with E-state index in [0.29, 0.717) is 5.15 Å². The summed E-state index contributed by atoms with van der Waals surface area (Å²) in [5.41, 5.74) is 4.14. The van der Waals surface area contributed by atoms with E-state index in [9.17, 15) is 4.79 Å². The lowest BCUT2D eigenvalue weighted by molar-refractivity contribution is -0.120. The molecule has 0 spiro atoms. The minimum atomic E-state index is 0.0231. The summed E-state index contributed by atoms with van der Waals surface area (Å²) < 4.78 is 0. The summed E-state index contributed by atoms with van der Waals surface area (Å²) in [7, 11) is 0. The van der Waals surface area contributed by atoms with Crippen molar-refractivity contribution < 1.29 is 4.79 Å². The number of aryl methyl sites for hydroxylation is 2. The normalized spacial score (nSPS) is 17.1. The molecule has 108 valence electrons. The van der Waals surface area contributed by atoms with E-state index in [0.717, 1.165) is 30.6 Å². The minimum absolute atomic E-state index is 0.0231. The van der Waals surface area contributed by atoms with E-state index in [1.807, 2.05) is 13.0 Å². The number of hydrogen-bond donors (Lipinski definition) is 1. The van der Waals surface area contributed by atoms with Crippen molar-refractivity contribution in [2.75, 3.05) is 5.32 Å². The summed E-state index contributed by atoms with van der Waals surface area (Å²) >= 11 is 5.83. The standard InChI is InChI=1S/C17H17ClN2O/c1-11-15(8-9-16(18)19-11)20-17(21)14-7-6-12-4-2-3-5-13(12)10-14/h2-5,8-9,14H,6-7,10H2,1H3,(H,20,21). The van der Waals surface area contributed by atoms with E-state index in [1.165, 1.54) is 11.1 Å². The van der Waals surface area contributed by atoms with Crippen molar-refractivity contribution in [3.63, 3.8) is 0 Å². The molecule has 1 aliphatic rings. The molecule has 3 nitrogen and oxygen atoms in total. The van der Waals surface area contributed by atoms with Gasteiger partial charge >= 0.3 is 0 Å². The maximum Gasteiger partial charge on any atom is 0.227 e. The highest BCUT2D eigenvalue weighted by atomic mass is 35.5. The second-order valence-electron chi connectivity index (χ2n) is 5.46. The Kier molecular flexibility index (Phi) is 3.93. The van der Waals surface area contributed by atoms with Gasteiger partial charge in [-0.25, -0.2) is 4.98 Å². The van der Waals surface area contributed by atoms with Crippen LogP contribution in [0.25, 0.3) is 0 Å². The van der Waals surface area contributed by atoms with Gasteiger partial charge in [0.1, 0.15) is 5.15 Å². The van der Waals surface area contributed by atoms with E-state index < -0.39 is 0 Å². The maximum absolute atomic E-state index is 12.4. The molecule has 0 bridgehead atoms. The van der Waals surface area contributed by atoms with Crippen molar-refractivity contribution in [1.29, 1.82) is 0 Å². The molecule has 4 heteroatoms. The number of nitrogens with one attached hydrogen (secondary N) is 1. The topological polar surface area (TPSA) is 42.0 Å². The van der Waals surface area contributed by atoms with E-state index in [4.69, 9.17) is 11.6 Å². The number of aromatic nitrogens is 1. The van der Waals surface area contributed by atoms with Gasteiger partial charge in [-0.15, -0.1) is 0 Å². The number of pyridine rings is 1. The quantitative estimate of drug-likeness (QED) is 0.858. The summed E-state index contributed by atoms with van der Waals surface area (Å²) in [5.74, 6) is 0.0895. The number of carbonyl (C=O) groups excluding carboxylic acids is 1. The van der Waals surface area contributed by atoms with Gasteiger partial charge in [0.2, 0.25) is 5.91 Å². The van der Waals surface area contributed by atoms with E-state index in [1.54, 1.807) is 12.1 Å². The molecule has 0 saturated heterocycles. The molecule has 1 unspecified atom stereocenters. The van der Waals surface area contributed by atoms with Crippen molar-refractivity contribution in [2.45, 2.75) is 26.2 Å². The molecule has 1 N–H and O–H groups in total. The van der Waals surface area contributed by atoms with Crippen LogP contribution in [0.2, 0.25) is 5.15 Å². The lowest BCUT2D eigenvalue weighted by Gasteiger charge is -2.24. The van der Waals surface area contributed by atoms with Crippen LogP contribution in [-0.4, -0.2) is 10.9 Å². The molecule has 2 aromatic rings. The van der Waals surface area contributed by atoms with Crippen LogP contribution in [0.5, 0.6) is 0 Å². The number of anilines is 1. The van der Waals surface area contributed by atoms with Gasteiger partial charge in [-0.05, 0) is 49.4 Å². The number of rotatable bonds is 2. The Labute approximate surface area is 129 Å². The Balaban J connectivity index is 1.72. The predicted octanol–water partition coefficient (Wildman–Crippen LogP) is 3.79. The number of fused-ring (bicyclic) bond motifs is 1. The summed E-state index contributed by atoms with van der Waals surface area (Å²) in [4.78, 5) is 16.6. The number of carbonyl (C=O) groups is 1. The van der Waals surface area contributed by atoms with Crippen LogP contribution in [0, 0.1) is 12.8 Å². The number of amides is 1. The van der Waals surface area contributed by atoms with Gasteiger partial charge in [-0.3, -0.25) is 4.79 Å². The van der Waals surface area contributed by atoms with Gasteiger partial charge in [-0.1, -0.05) is 35.9 Å². The van der Waals surface area contributed by atoms with Gasteiger partial charge in [-0.2, -0.15) is 0 Å². The maximum atomic E-state index is 12.4. The van der Waals surface area contributed by atoms with Crippen LogP contribution in [0.4, 0.5) is 5.69 Å². The van der Waals surface area contributed by atoms with Crippen molar-refractivity contribution in [2.24, 2.45) is 5.92 Å². The molecule has 1 aromatic carbocycles. The van der Waals surface area contributed by atoms with Gasteiger partial charge in [0.05, 0.1) is 11.4 Å². The first kappa shape index (κ1) is 14.1. The molecule has 1 atom stereocenters. The second kappa shape index (κ2) is 5.86. The van der Waals surface area contributed by atoms with Crippen molar-refractivity contribution in [3.8, 4) is 0 Å². The lowest BCUT2D eigenvalue weighted by Crippen LogP contribution is -2.28. The largest absolute Gasteiger partial charge is 0.324 e. The Morgan fingerprint density at radius 2 is 2.00 bits per heavy atom. The zero-order valence-corrected chi connectivity index (χ0v) is 12.7. The highest BCUT2D eigenvalue weighted by molar-refractivity contribution is 6.29. The molecule has 21 heavy (non-hydrogen) atoms. The zero-order chi connectivity index (χ0) is 14.8. The Morgan fingerprint density at radius 1 is 1.24 bits per heavy atom. The fourth-order valence-corrected chi connectivity index (χ4v) is 3.01. The lowest BCUT2D eigenvalue weighted by atomic mass is 9.83. The first-order valence-corrected chi connectivity index (χ1v) is 7.52. The average molecular weight is 301 g/mol. The first-order chi connectivity index (χ1) is 10.1. The van der Waals surface area contributed by atoms with E-state index in [-0.39, 0.29) is 11.8 Å². The Hall–Kier alpha value is -1.87. The molecule has 0 fully saturated rings. The molecule has 1 aromatic heterocycles. The third-order valence-electron chi connectivity index (χ3n) is 4.03. The molecule has 1 heterocycles. The van der Waals surface area contributed by atoms with Gasteiger partial charge < -0.3 is 5.32 Å². The average Bonchev–Trinajstić information content (AvgIpc) is 2.49. The number of nitrogens with zero attached hydrogens (tertiary/aromatic N) is 1. The van der Waals surface area contributed by atoms with Crippen LogP contribution in [0.1, 0.15) is 23.2 Å². The van der Waals surface area contributed by atoms with Crippen LogP contribution in [-0.2, 0) is 17.6 Å². The van der Waals surface area contributed by atoms with E-state index in [2.05, 4.69) is 28.5 Å². The van der Waals surface area contributed by atoms with Crippen LogP contribution >= 0.6 is 11.6 Å². The second-order valence-corrected chi connectivity index (χ2v) is 5.85. The number of hydrogen-bond acceptors (Lipinski definition) is 2. The zero-order valence-electron chi connectivity index (χ0n) is 11.9. The molecule has 3 rings (SSSR count). The number of halogens is 1. The van der Waals surface area contributed by atoms with Crippen molar-refractivity contribution in [1.82, 2.24) is 4.98 Å². The van der Waals surface area contributed by atoms with Gasteiger partial charge in [0, 0.05) is 5.92 Å². The van der Waals surface area contributed by atoms with Crippen LogP contribution in [0.15, 0.2) is 36.4 Å². The summed E-state index contributed by atoms with van der Waals surface area (Å²) in [5, 5.41) is 3.42. The summed E-state index contributed by atoms with van der Waals surface area (Å²) in [6.07, 6.45) is 2.66. The monoisotopic (exact) mass is 300 g/mol. The summed E-state index contributed by atoms with van der Waals surface area (Å²) in [6, 6.07) is 11.9. The third kappa shape index (κ3) is 3.08. The predicted molar refractivity (Wildman–Crippen MR) is 84.6 cm³/mol.